The number of nitrogens with zero attached hydrogens (tertiary/aromatic N) is 1. The lowest BCUT2D eigenvalue weighted by molar-refractivity contribution is -0.144. The van der Waals surface area contributed by atoms with Crippen LogP contribution in [0.4, 0.5) is 13.2 Å². The summed E-state index contributed by atoms with van der Waals surface area (Å²) < 4.78 is 68.2. The second kappa shape index (κ2) is 6.98. The first-order valence-electron chi connectivity index (χ1n) is 7.13. The van der Waals surface area contributed by atoms with Crippen molar-refractivity contribution in [3.05, 3.63) is 24.0 Å². The summed E-state index contributed by atoms with van der Waals surface area (Å²) >= 11 is 0. The van der Waals surface area contributed by atoms with Crippen molar-refractivity contribution in [3.63, 3.8) is 0 Å². The van der Waals surface area contributed by atoms with Crippen LogP contribution < -0.4 is 4.74 Å². The van der Waals surface area contributed by atoms with Crippen molar-refractivity contribution in [1.82, 2.24) is 4.31 Å². The van der Waals surface area contributed by atoms with E-state index in [-0.39, 0.29) is 6.54 Å². The molecule has 1 heterocycles. The van der Waals surface area contributed by atoms with Crippen molar-refractivity contribution in [2.45, 2.75) is 37.3 Å². The average Bonchev–Trinajstić information content (AvgIpc) is 2.48. The molecule has 1 aliphatic heterocycles. The molecule has 0 saturated carbocycles. The number of hydrogen-bond acceptors (Lipinski definition) is 4. The van der Waals surface area contributed by atoms with E-state index in [0.717, 1.165) is 16.4 Å². The number of halogens is 3. The van der Waals surface area contributed by atoms with Crippen LogP contribution in [0.25, 0.3) is 0 Å². The summed E-state index contributed by atoms with van der Waals surface area (Å²) in [5, 5.41) is 9.16. The van der Waals surface area contributed by atoms with Gasteiger partial charge in [0, 0.05) is 12.6 Å². The van der Waals surface area contributed by atoms with Crippen molar-refractivity contribution < 1.29 is 36.2 Å². The molecule has 0 spiro atoms. The maximum Gasteiger partial charge on any atom is 0.387 e. The minimum absolute atomic E-state index is 0.101. The van der Waals surface area contributed by atoms with Gasteiger partial charge in [0.2, 0.25) is 10.0 Å². The summed E-state index contributed by atoms with van der Waals surface area (Å²) in [6.45, 7) is -1.66. The number of aliphatic carboxylic acids is 1. The van der Waals surface area contributed by atoms with Crippen LogP contribution in [-0.4, -0.2) is 43.0 Å². The first kappa shape index (κ1) is 18.5. The van der Waals surface area contributed by atoms with Gasteiger partial charge in [-0.15, -0.1) is 0 Å². The van der Waals surface area contributed by atoms with Crippen LogP contribution in [0.5, 0.6) is 5.75 Å². The highest BCUT2D eigenvalue weighted by atomic mass is 32.2. The van der Waals surface area contributed by atoms with Gasteiger partial charge in [0.25, 0.3) is 0 Å². The molecule has 1 aliphatic rings. The highest BCUT2D eigenvalue weighted by Gasteiger charge is 2.39. The third kappa shape index (κ3) is 3.64. The Labute approximate surface area is 136 Å². The SMILES string of the molecule is C[C@@H]1[C@H](C(=O)O)CCCN1S(=O)(=O)c1ccc(OC(F)F)c(F)c1. The van der Waals surface area contributed by atoms with Crippen molar-refractivity contribution in [1.29, 1.82) is 0 Å². The normalized spacial score (nSPS) is 22.5. The number of piperidine rings is 1. The van der Waals surface area contributed by atoms with Crippen LogP contribution in [0, 0.1) is 11.7 Å². The molecule has 1 N–H and O–H groups in total. The Balaban J connectivity index is 2.33. The van der Waals surface area contributed by atoms with Gasteiger partial charge >= 0.3 is 12.6 Å². The predicted octanol–water partition coefficient (Wildman–Crippen LogP) is 2.30. The quantitative estimate of drug-likeness (QED) is 0.863. The number of carbonyl (C=O) groups is 1. The van der Waals surface area contributed by atoms with E-state index in [4.69, 9.17) is 5.11 Å². The number of benzene rings is 1. The molecule has 134 valence electrons. The summed E-state index contributed by atoms with van der Waals surface area (Å²) in [4.78, 5) is 10.8. The molecule has 1 fully saturated rings. The monoisotopic (exact) mass is 367 g/mol. The van der Waals surface area contributed by atoms with Crippen molar-refractivity contribution in [3.8, 4) is 5.75 Å². The topological polar surface area (TPSA) is 83.9 Å². The Bertz CT molecular complexity index is 725. The molecule has 1 saturated heterocycles. The third-order valence-corrected chi connectivity index (χ3v) is 5.96. The summed E-state index contributed by atoms with van der Waals surface area (Å²) in [6, 6.07) is 1.54. The largest absolute Gasteiger partial charge is 0.481 e. The number of hydrogen-bond donors (Lipinski definition) is 1. The minimum atomic E-state index is -4.16. The molecule has 0 aromatic heterocycles. The van der Waals surface area contributed by atoms with Crippen LogP contribution in [0.15, 0.2) is 23.1 Å². The van der Waals surface area contributed by atoms with E-state index in [1.165, 1.54) is 6.92 Å². The maximum absolute atomic E-state index is 13.8. The maximum atomic E-state index is 13.8. The van der Waals surface area contributed by atoms with E-state index < -0.39 is 51.0 Å². The van der Waals surface area contributed by atoms with Gasteiger partial charge in [-0.25, -0.2) is 12.8 Å². The highest BCUT2D eigenvalue weighted by Crippen LogP contribution is 2.31. The van der Waals surface area contributed by atoms with Crippen LogP contribution in [0.1, 0.15) is 19.8 Å². The lowest BCUT2D eigenvalue weighted by Gasteiger charge is -2.36. The summed E-state index contributed by atoms with van der Waals surface area (Å²) in [7, 11) is -4.16. The second-order valence-electron chi connectivity index (χ2n) is 5.41. The molecular formula is C14H16F3NO5S. The fourth-order valence-corrected chi connectivity index (χ4v) is 4.47. The van der Waals surface area contributed by atoms with Gasteiger partial charge < -0.3 is 9.84 Å². The van der Waals surface area contributed by atoms with E-state index >= 15 is 0 Å². The number of carboxylic acid groups (broad SMARTS) is 1. The smallest absolute Gasteiger partial charge is 0.387 e. The number of rotatable bonds is 5. The molecule has 6 nitrogen and oxygen atoms in total. The number of alkyl halides is 2. The Kier molecular flexibility index (Phi) is 5.38. The van der Waals surface area contributed by atoms with E-state index in [9.17, 15) is 26.4 Å². The molecule has 10 heteroatoms. The number of sulfonamides is 1. The molecular weight excluding hydrogens is 351 g/mol. The number of ether oxygens (including phenoxy) is 1. The molecule has 0 unspecified atom stereocenters. The van der Waals surface area contributed by atoms with Crippen molar-refractivity contribution >= 4 is 16.0 Å². The molecule has 2 rings (SSSR count). The van der Waals surface area contributed by atoms with E-state index in [1.807, 2.05) is 0 Å². The van der Waals surface area contributed by atoms with E-state index in [2.05, 4.69) is 4.74 Å². The predicted molar refractivity (Wildman–Crippen MR) is 76.7 cm³/mol. The molecule has 24 heavy (non-hydrogen) atoms. The van der Waals surface area contributed by atoms with Gasteiger partial charge in [0.15, 0.2) is 11.6 Å². The van der Waals surface area contributed by atoms with Gasteiger partial charge in [-0.3, -0.25) is 4.79 Å². The van der Waals surface area contributed by atoms with Crippen molar-refractivity contribution in [2.24, 2.45) is 5.92 Å². The van der Waals surface area contributed by atoms with Gasteiger partial charge in [-0.1, -0.05) is 0 Å². The minimum Gasteiger partial charge on any atom is -0.481 e. The Morgan fingerprint density at radius 1 is 1.42 bits per heavy atom. The van der Waals surface area contributed by atoms with Crippen LogP contribution in [0.3, 0.4) is 0 Å². The second-order valence-corrected chi connectivity index (χ2v) is 7.30. The zero-order valence-electron chi connectivity index (χ0n) is 12.7. The highest BCUT2D eigenvalue weighted by molar-refractivity contribution is 7.89. The standard InChI is InChI=1S/C14H16F3NO5S/c1-8-10(13(19)20)3-2-6-18(8)24(21,22)9-4-5-12(11(15)7-9)23-14(16)17/h4-5,7-8,10,14H,2-3,6H2,1H3,(H,19,20)/t8-,10-/m1/s1. The molecule has 0 aliphatic carbocycles. The van der Waals surface area contributed by atoms with Gasteiger partial charge in [-0.2, -0.15) is 13.1 Å². The third-order valence-electron chi connectivity index (χ3n) is 3.97. The molecule has 2 atom stereocenters. The van der Waals surface area contributed by atoms with Crippen LogP contribution in [0.2, 0.25) is 0 Å². The van der Waals surface area contributed by atoms with Gasteiger partial charge in [0.05, 0.1) is 10.8 Å². The lowest BCUT2D eigenvalue weighted by atomic mass is 9.92. The first-order valence-corrected chi connectivity index (χ1v) is 8.57. The molecule has 0 amide bonds. The summed E-state index contributed by atoms with van der Waals surface area (Å²) in [5.41, 5.74) is 0. The van der Waals surface area contributed by atoms with E-state index in [1.54, 1.807) is 0 Å². The van der Waals surface area contributed by atoms with E-state index in [0.29, 0.717) is 18.9 Å². The van der Waals surface area contributed by atoms with Gasteiger partial charge in [-0.05, 0) is 38.0 Å². The number of carboxylic acids is 1. The van der Waals surface area contributed by atoms with Crippen molar-refractivity contribution in [2.75, 3.05) is 6.54 Å². The zero-order chi connectivity index (χ0) is 18.1. The van der Waals surface area contributed by atoms with Crippen LogP contribution >= 0.6 is 0 Å². The molecule has 0 radical (unpaired) electrons. The fourth-order valence-electron chi connectivity index (χ4n) is 2.75. The van der Waals surface area contributed by atoms with Crippen LogP contribution in [-0.2, 0) is 14.8 Å². The Morgan fingerprint density at radius 3 is 2.62 bits per heavy atom. The Hall–Kier alpha value is -1.81. The summed E-state index contributed by atoms with van der Waals surface area (Å²) in [5.74, 6) is -3.97. The molecule has 1 aromatic carbocycles. The average molecular weight is 367 g/mol. The Morgan fingerprint density at radius 2 is 2.08 bits per heavy atom. The summed E-state index contributed by atoms with van der Waals surface area (Å²) in [6.07, 6.45) is 0.702. The molecule has 1 aromatic rings. The zero-order valence-corrected chi connectivity index (χ0v) is 13.5. The molecule has 0 bridgehead atoms. The first-order chi connectivity index (χ1) is 11.1. The fraction of sp³-hybridized carbons (Fsp3) is 0.500. The lowest BCUT2D eigenvalue weighted by Crippen LogP contribution is -2.48. The van der Waals surface area contributed by atoms with Gasteiger partial charge in [0.1, 0.15) is 0 Å².